The van der Waals surface area contributed by atoms with Crippen LogP contribution < -0.4 is 21.3 Å². The van der Waals surface area contributed by atoms with Crippen LogP contribution in [-0.4, -0.2) is 81.9 Å². The number of nitrogens with one attached hydrogen (secondary N) is 4. The third kappa shape index (κ3) is 3.69. The monoisotopic (exact) mass is 648 g/mol. The van der Waals surface area contributed by atoms with Crippen molar-refractivity contribution in [3.05, 3.63) is 95.6 Å². The minimum absolute atomic E-state index is 0.0875. The van der Waals surface area contributed by atoms with Crippen molar-refractivity contribution in [3.63, 3.8) is 0 Å². The summed E-state index contributed by atoms with van der Waals surface area (Å²) in [6.45, 7) is 0. The number of anilines is 2. The number of hydrogen-bond acceptors (Lipinski definition) is 7. The number of para-hydroxylation sites is 2. The fraction of sp³-hybridized carbons (Fsp3) is 0.389. The van der Waals surface area contributed by atoms with Gasteiger partial charge in [-0.25, -0.2) is 0 Å². The largest absolute Gasteiger partial charge is 0.364 e. The van der Waals surface area contributed by atoms with Crippen LogP contribution in [0.5, 0.6) is 0 Å². The van der Waals surface area contributed by atoms with Gasteiger partial charge in [-0.1, -0.05) is 66.7 Å². The minimum atomic E-state index is -0.833. The predicted molar refractivity (Wildman–Crippen MR) is 179 cm³/mol. The fourth-order valence-electron chi connectivity index (χ4n) is 9.83. The van der Waals surface area contributed by atoms with Gasteiger partial charge in [0.15, 0.2) is 0 Å². The summed E-state index contributed by atoms with van der Waals surface area (Å²) < 4.78 is 0. The molecule has 0 spiro atoms. The molecule has 10 nitrogen and oxygen atoms in total. The Hall–Kier alpha value is -4.51. The second kappa shape index (κ2) is 10.2. The number of nitrogens with zero attached hydrogens (tertiary/aromatic N) is 2. The molecule has 4 N–H and O–H groups in total. The zero-order chi connectivity index (χ0) is 32.1. The molecule has 11 heteroatoms. The van der Waals surface area contributed by atoms with Crippen molar-refractivity contribution in [1.29, 1.82) is 0 Å². The van der Waals surface area contributed by atoms with Crippen LogP contribution in [0, 0.1) is 0 Å². The molecule has 6 aliphatic rings. The second-order valence-corrected chi connectivity index (χ2v) is 14.6. The van der Waals surface area contributed by atoms with Gasteiger partial charge in [0.1, 0.15) is 36.5 Å². The maximum absolute atomic E-state index is 14.6. The molecule has 0 radical (unpaired) electrons. The van der Waals surface area contributed by atoms with E-state index in [1.807, 2.05) is 73.0 Å². The van der Waals surface area contributed by atoms with Crippen LogP contribution in [0.2, 0.25) is 0 Å². The second-order valence-electron chi connectivity index (χ2n) is 13.7. The summed E-state index contributed by atoms with van der Waals surface area (Å²) in [7, 11) is 0. The molecule has 2 unspecified atom stereocenters. The van der Waals surface area contributed by atoms with E-state index in [-0.39, 0.29) is 23.6 Å². The van der Waals surface area contributed by atoms with Gasteiger partial charge < -0.3 is 31.1 Å². The molecule has 6 heterocycles. The molecule has 3 aromatic rings. The molecule has 9 rings (SSSR count). The number of fused-ring (bicyclic) bond motifs is 11. The molecule has 4 saturated heterocycles. The van der Waals surface area contributed by atoms with Gasteiger partial charge in [0, 0.05) is 17.8 Å². The van der Waals surface area contributed by atoms with E-state index in [9.17, 15) is 19.2 Å². The van der Waals surface area contributed by atoms with Crippen LogP contribution in [0.4, 0.5) is 11.4 Å². The van der Waals surface area contributed by atoms with E-state index in [1.165, 1.54) is 0 Å². The Morgan fingerprint density at radius 3 is 1.70 bits per heavy atom. The van der Waals surface area contributed by atoms with E-state index in [0.717, 1.165) is 33.8 Å². The number of piperazine rings is 2. The first-order valence-electron chi connectivity index (χ1n) is 16.4. The van der Waals surface area contributed by atoms with Gasteiger partial charge in [0.25, 0.3) is 0 Å². The molecule has 0 aliphatic carbocycles. The average molecular weight is 649 g/mol. The van der Waals surface area contributed by atoms with Crippen molar-refractivity contribution >= 4 is 46.8 Å². The highest BCUT2D eigenvalue weighted by atomic mass is 32.2. The first kappa shape index (κ1) is 28.7. The van der Waals surface area contributed by atoms with Crippen molar-refractivity contribution in [1.82, 2.24) is 20.4 Å². The maximum atomic E-state index is 14.6. The first-order chi connectivity index (χ1) is 22.9. The Labute approximate surface area is 277 Å². The van der Waals surface area contributed by atoms with Crippen LogP contribution in [0.25, 0.3) is 0 Å². The molecule has 4 fully saturated rings. The standard InChI is InChI=1S/C36H36N6O4S/c1-47-16-15-25-31(45)41-27(29(43)37-25)18-35(21-11-5-7-13-23(21)39-33(35)41)36-19-28-30(44)38-26(17-20-9-3-2-4-10-20)32(46)42(28)34(36)40-24-14-8-6-12-22(24)36/h2-14,25-28,33-34,39-40H,15-19H2,1H3,(H,37,43)(H,38,44)/t25?,26-,27-,28?,33+,34+,35-,36-/m0/s1. The molecular formula is C36H36N6O4S. The van der Waals surface area contributed by atoms with Gasteiger partial charge in [-0.05, 0) is 60.1 Å². The van der Waals surface area contributed by atoms with Crippen LogP contribution in [0.3, 0.4) is 0 Å². The molecule has 3 aromatic carbocycles. The lowest BCUT2D eigenvalue weighted by atomic mass is 9.54. The lowest BCUT2D eigenvalue weighted by Gasteiger charge is -2.48. The molecule has 0 aromatic heterocycles. The molecule has 0 bridgehead atoms. The van der Waals surface area contributed by atoms with Gasteiger partial charge in [-0.3, -0.25) is 19.2 Å². The molecule has 240 valence electrons. The van der Waals surface area contributed by atoms with Crippen LogP contribution in [-0.2, 0) is 36.4 Å². The number of rotatable bonds is 6. The third-order valence-corrected chi connectivity index (χ3v) is 12.3. The molecule has 0 saturated carbocycles. The minimum Gasteiger partial charge on any atom is -0.364 e. The zero-order valence-electron chi connectivity index (χ0n) is 25.9. The zero-order valence-corrected chi connectivity index (χ0v) is 26.8. The van der Waals surface area contributed by atoms with E-state index >= 15 is 0 Å². The van der Waals surface area contributed by atoms with Crippen molar-refractivity contribution in [3.8, 4) is 0 Å². The van der Waals surface area contributed by atoms with Gasteiger partial charge in [0.05, 0.1) is 10.8 Å². The maximum Gasteiger partial charge on any atom is 0.247 e. The Morgan fingerprint density at radius 1 is 0.660 bits per heavy atom. The Morgan fingerprint density at radius 2 is 1.15 bits per heavy atom. The normalized spacial score (nSPS) is 34.3. The summed E-state index contributed by atoms with van der Waals surface area (Å²) in [4.78, 5) is 60.5. The smallest absolute Gasteiger partial charge is 0.247 e. The number of hydrogen-bond donors (Lipinski definition) is 4. The number of carbonyl (C=O) groups excluding carboxylic acids is 4. The highest BCUT2D eigenvalue weighted by molar-refractivity contribution is 7.98. The number of thioether (sulfide) groups is 1. The highest BCUT2D eigenvalue weighted by Crippen LogP contribution is 2.68. The summed E-state index contributed by atoms with van der Waals surface area (Å²) >= 11 is 1.65. The summed E-state index contributed by atoms with van der Waals surface area (Å²) in [6.07, 6.45) is 2.54. The highest BCUT2D eigenvalue weighted by Gasteiger charge is 2.78. The van der Waals surface area contributed by atoms with Gasteiger partial charge >= 0.3 is 0 Å². The lowest BCUT2D eigenvalue weighted by Crippen LogP contribution is -2.66. The number of amides is 4. The van der Waals surface area contributed by atoms with Crippen LogP contribution >= 0.6 is 11.8 Å². The van der Waals surface area contributed by atoms with Gasteiger partial charge in [-0.2, -0.15) is 11.8 Å². The fourth-order valence-corrected chi connectivity index (χ4v) is 10.3. The van der Waals surface area contributed by atoms with Crippen LogP contribution in [0.15, 0.2) is 78.9 Å². The molecule has 8 atom stereocenters. The van der Waals surface area contributed by atoms with E-state index in [4.69, 9.17) is 0 Å². The predicted octanol–water partition coefficient (Wildman–Crippen LogP) is 2.56. The summed E-state index contributed by atoms with van der Waals surface area (Å²) in [6, 6.07) is 23.2. The third-order valence-electron chi connectivity index (χ3n) is 11.6. The van der Waals surface area contributed by atoms with Crippen molar-refractivity contribution in [2.45, 2.75) is 73.0 Å². The Kier molecular flexibility index (Phi) is 6.25. The van der Waals surface area contributed by atoms with E-state index in [0.29, 0.717) is 25.7 Å². The average Bonchev–Trinajstić information content (AvgIpc) is 3.79. The Balaban J connectivity index is 1.22. The molecular weight excluding hydrogens is 613 g/mol. The van der Waals surface area contributed by atoms with E-state index in [2.05, 4.69) is 33.4 Å². The van der Waals surface area contributed by atoms with E-state index < -0.39 is 47.3 Å². The van der Waals surface area contributed by atoms with Crippen LogP contribution in [0.1, 0.15) is 36.0 Å². The Bertz CT molecular complexity index is 1840. The summed E-state index contributed by atoms with van der Waals surface area (Å²) in [5.74, 6) is 0.214. The number of carbonyl (C=O) groups is 4. The summed E-state index contributed by atoms with van der Waals surface area (Å²) in [5, 5.41) is 13.5. The summed E-state index contributed by atoms with van der Waals surface area (Å²) in [5.41, 5.74) is 3.15. The topological polar surface area (TPSA) is 123 Å². The van der Waals surface area contributed by atoms with Gasteiger partial charge in [-0.15, -0.1) is 0 Å². The van der Waals surface area contributed by atoms with Crippen molar-refractivity contribution in [2.24, 2.45) is 0 Å². The van der Waals surface area contributed by atoms with Crippen molar-refractivity contribution in [2.75, 3.05) is 22.6 Å². The quantitative estimate of drug-likeness (QED) is 0.324. The van der Waals surface area contributed by atoms with E-state index in [1.54, 1.807) is 21.6 Å². The SMILES string of the molecule is CSCCC1NC(=O)[C@@H]2C[C@]3([C@]45CC6C(=O)N[C@@H](Cc7ccccc7)C(=O)N6[C@H]4Nc4ccccc45)c4ccccc4N[C@@H]3N2C1=O. The molecule has 6 aliphatic heterocycles. The molecule has 47 heavy (non-hydrogen) atoms. The molecule has 4 amide bonds. The lowest BCUT2D eigenvalue weighted by molar-refractivity contribution is -0.149. The number of benzene rings is 3. The van der Waals surface area contributed by atoms with Gasteiger partial charge in [0.2, 0.25) is 23.6 Å². The first-order valence-corrected chi connectivity index (χ1v) is 17.8. The van der Waals surface area contributed by atoms with Crippen molar-refractivity contribution < 1.29 is 19.2 Å².